The van der Waals surface area contributed by atoms with Crippen LogP contribution in [0.15, 0.2) is 36.5 Å². The second-order valence-electron chi connectivity index (χ2n) is 3.44. The van der Waals surface area contributed by atoms with Crippen LogP contribution in [0.5, 0.6) is 11.6 Å². The Labute approximate surface area is 104 Å². The molecule has 1 heterocycles. The van der Waals surface area contributed by atoms with Gasteiger partial charge in [-0.05, 0) is 18.2 Å². The molecule has 2 rings (SSSR count). The Kier molecular flexibility index (Phi) is 3.08. The third-order valence-corrected chi connectivity index (χ3v) is 2.21. The van der Waals surface area contributed by atoms with E-state index in [-0.39, 0.29) is 11.4 Å². The van der Waals surface area contributed by atoms with Crippen LogP contribution >= 0.6 is 0 Å². The normalized spacial score (nSPS) is 9.22. The fourth-order valence-corrected chi connectivity index (χ4v) is 1.38. The topological polar surface area (TPSA) is 95.7 Å². The van der Waals surface area contributed by atoms with Crippen molar-refractivity contribution in [1.82, 2.24) is 4.98 Å². The van der Waals surface area contributed by atoms with E-state index in [1.165, 1.54) is 12.3 Å². The van der Waals surface area contributed by atoms with Gasteiger partial charge in [0, 0.05) is 0 Å². The lowest BCUT2D eigenvalue weighted by Gasteiger charge is -2.07. The first-order valence-corrected chi connectivity index (χ1v) is 5.07. The summed E-state index contributed by atoms with van der Waals surface area (Å²) in [6.07, 6.45) is 1.39. The molecule has 0 aliphatic heterocycles. The predicted molar refractivity (Wildman–Crippen MR) is 64.6 cm³/mol. The molecule has 86 valence electrons. The molecule has 0 spiro atoms. The summed E-state index contributed by atoms with van der Waals surface area (Å²) < 4.78 is 5.47. The third kappa shape index (κ3) is 2.21. The number of aromatic nitrogens is 1. The molecule has 0 atom stereocenters. The number of nitriles is 2. The molecule has 0 saturated carbocycles. The minimum absolute atomic E-state index is 0.134. The van der Waals surface area contributed by atoms with Gasteiger partial charge in [-0.2, -0.15) is 10.5 Å². The van der Waals surface area contributed by atoms with Crippen molar-refractivity contribution in [2.45, 2.75) is 0 Å². The van der Waals surface area contributed by atoms with Gasteiger partial charge in [0.05, 0.1) is 17.4 Å². The summed E-state index contributed by atoms with van der Waals surface area (Å²) in [5, 5.41) is 17.9. The lowest BCUT2D eigenvalue weighted by molar-refractivity contribution is 0.460. The van der Waals surface area contributed by atoms with Gasteiger partial charge in [0.2, 0.25) is 5.88 Å². The smallest absolute Gasteiger partial charge is 0.237 e. The van der Waals surface area contributed by atoms with Crippen LogP contribution in [0.4, 0.5) is 5.69 Å². The first kappa shape index (κ1) is 11.4. The van der Waals surface area contributed by atoms with Gasteiger partial charge in [-0.1, -0.05) is 12.1 Å². The number of hydrogen-bond donors (Lipinski definition) is 1. The number of ether oxygens (including phenoxy) is 1. The number of nitrogens with zero attached hydrogens (tertiary/aromatic N) is 3. The van der Waals surface area contributed by atoms with Crippen LogP contribution in [-0.2, 0) is 0 Å². The van der Waals surface area contributed by atoms with Crippen LogP contribution in [0.1, 0.15) is 11.1 Å². The van der Waals surface area contributed by atoms with Crippen molar-refractivity contribution < 1.29 is 4.74 Å². The molecule has 2 N–H and O–H groups in total. The van der Waals surface area contributed by atoms with Gasteiger partial charge < -0.3 is 10.5 Å². The molecule has 1 aromatic heterocycles. The van der Waals surface area contributed by atoms with Gasteiger partial charge in [-0.15, -0.1) is 0 Å². The Morgan fingerprint density at radius 1 is 1.11 bits per heavy atom. The van der Waals surface area contributed by atoms with Crippen LogP contribution in [0, 0.1) is 22.7 Å². The van der Waals surface area contributed by atoms with E-state index >= 15 is 0 Å². The van der Waals surface area contributed by atoms with E-state index < -0.39 is 0 Å². The molecule has 0 amide bonds. The highest BCUT2D eigenvalue weighted by Crippen LogP contribution is 2.26. The van der Waals surface area contributed by atoms with Crippen LogP contribution < -0.4 is 10.5 Å². The summed E-state index contributed by atoms with van der Waals surface area (Å²) >= 11 is 0. The molecular formula is C13H8N4O. The number of anilines is 1. The Hall–Kier alpha value is -3.05. The van der Waals surface area contributed by atoms with E-state index in [9.17, 15) is 0 Å². The summed E-state index contributed by atoms with van der Waals surface area (Å²) in [5.41, 5.74) is 6.51. The maximum Gasteiger partial charge on any atom is 0.237 e. The fourth-order valence-electron chi connectivity index (χ4n) is 1.38. The van der Waals surface area contributed by atoms with Crippen molar-refractivity contribution >= 4 is 5.69 Å². The van der Waals surface area contributed by atoms with Crippen molar-refractivity contribution in [3.05, 3.63) is 47.7 Å². The maximum atomic E-state index is 8.96. The second kappa shape index (κ2) is 4.86. The van der Waals surface area contributed by atoms with E-state index in [1.54, 1.807) is 24.3 Å². The SMILES string of the molecule is N#Cc1ccccc1Oc1ncc(N)cc1C#N. The largest absolute Gasteiger partial charge is 0.436 e. The monoisotopic (exact) mass is 236 g/mol. The molecular weight excluding hydrogens is 228 g/mol. The highest BCUT2D eigenvalue weighted by molar-refractivity contribution is 5.51. The molecule has 0 fully saturated rings. The van der Waals surface area contributed by atoms with E-state index in [0.29, 0.717) is 17.0 Å². The first-order chi connectivity index (χ1) is 8.74. The number of benzene rings is 1. The Bertz CT molecular complexity index is 667. The highest BCUT2D eigenvalue weighted by Gasteiger charge is 2.09. The lowest BCUT2D eigenvalue weighted by atomic mass is 10.2. The predicted octanol–water partition coefficient (Wildman–Crippen LogP) is 2.20. The number of rotatable bonds is 2. The number of pyridine rings is 1. The van der Waals surface area contributed by atoms with Crippen LogP contribution in [0.25, 0.3) is 0 Å². The van der Waals surface area contributed by atoms with Gasteiger partial charge in [0.25, 0.3) is 0 Å². The molecule has 5 nitrogen and oxygen atoms in total. The average Bonchev–Trinajstić information content (AvgIpc) is 2.41. The van der Waals surface area contributed by atoms with Gasteiger partial charge in [0.1, 0.15) is 23.5 Å². The summed E-state index contributed by atoms with van der Waals surface area (Å²) in [7, 11) is 0. The summed E-state index contributed by atoms with van der Waals surface area (Å²) in [4.78, 5) is 3.94. The average molecular weight is 236 g/mol. The third-order valence-electron chi connectivity index (χ3n) is 2.21. The molecule has 0 aliphatic rings. The Morgan fingerprint density at radius 3 is 2.56 bits per heavy atom. The van der Waals surface area contributed by atoms with Gasteiger partial charge >= 0.3 is 0 Å². The molecule has 5 heteroatoms. The second-order valence-corrected chi connectivity index (χ2v) is 3.44. The number of nitrogen functional groups attached to an aromatic ring is 1. The van der Waals surface area contributed by atoms with Crippen molar-refractivity contribution in [1.29, 1.82) is 10.5 Å². The highest BCUT2D eigenvalue weighted by atomic mass is 16.5. The number of hydrogen-bond acceptors (Lipinski definition) is 5. The van der Waals surface area contributed by atoms with Crippen LogP contribution in [-0.4, -0.2) is 4.98 Å². The Morgan fingerprint density at radius 2 is 1.83 bits per heavy atom. The molecule has 0 unspecified atom stereocenters. The van der Waals surface area contributed by atoms with Crippen molar-refractivity contribution in [2.24, 2.45) is 0 Å². The molecule has 1 aromatic carbocycles. The molecule has 2 aromatic rings. The maximum absolute atomic E-state index is 8.96. The van der Waals surface area contributed by atoms with Crippen molar-refractivity contribution in [2.75, 3.05) is 5.73 Å². The standard InChI is InChI=1S/C13H8N4O/c14-6-9-3-1-2-4-12(9)18-13-10(7-15)5-11(16)8-17-13/h1-5,8H,16H2. The molecule has 0 radical (unpaired) electrons. The molecule has 0 aliphatic carbocycles. The minimum atomic E-state index is 0.134. The van der Waals surface area contributed by atoms with Gasteiger partial charge in [-0.3, -0.25) is 0 Å². The van der Waals surface area contributed by atoms with E-state index in [4.69, 9.17) is 21.0 Å². The summed E-state index contributed by atoms with van der Waals surface area (Å²) in [6, 6.07) is 12.1. The lowest BCUT2D eigenvalue weighted by Crippen LogP contribution is -1.96. The first-order valence-electron chi connectivity index (χ1n) is 5.07. The summed E-state index contributed by atoms with van der Waals surface area (Å²) in [5.74, 6) is 0.489. The van der Waals surface area contributed by atoms with E-state index in [2.05, 4.69) is 4.98 Å². The summed E-state index contributed by atoms with van der Waals surface area (Å²) in [6.45, 7) is 0. The molecule has 0 saturated heterocycles. The zero-order chi connectivity index (χ0) is 13.0. The minimum Gasteiger partial charge on any atom is -0.436 e. The van der Waals surface area contributed by atoms with Crippen molar-refractivity contribution in [3.8, 4) is 23.8 Å². The zero-order valence-corrected chi connectivity index (χ0v) is 9.29. The quantitative estimate of drug-likeness (QED) is 0.862. The van der Waals surface area contributed by atoms with Crippen molar-refractivity contribution in [3.63, 3.8) is 0 Å². The zero-order valence-electron chi connectivity index (χ0n) is 9.29. The number of nitrogens with two attached hydrogens (primary N) is 1. The molecule has 0 bridgehead atoms. The van der Waals surface area contributed by atoms with E-state index in [0.717, 1.165) is 0 Å². The number of para-hydroxylation sites is 1. The van der Waals surface area contributed by atoms with E-state index in [1.807, 2.05) is 12.1 Å². The van der Waals surface area contributed by atoms with Gasteiger partial charge in [-0.25, -0.2) is 4.98 Å². The van der Waals surface area contributed by atoms with Gasteiger partial charge in [0.15, 0.2) is 0 Å². The Balaban J connectivity index is 2.41. The van der Waals surface area contributed by atoms with Crippen LogP contribution in [0.2, 0.25) is 0 Å². The molecule has 18 heavy (non-hydrogen) atoms. The fraction of sp³-hybridized carbons (Fsp3) is 0. The van der Waals surface area contributed by atoms with Crippen LogP contribution in [0.3, 0.4) is 0 Å².